The van der Waals surface area contributed by atoms with E-state index in [9.17, 15) is 0 Å². The first kappa shape index (κ1) is 35.9. The first-order chi connectivity index (χ1) is 29.7. The third-order valence-electron chi connectivity index (χ3n) is 12.9. The highest BCUT2D eigenvalue weighted by Gasteiger charge is 2.44. The quantitative estimate of drug-likeness (QED) is 0.166. The Balaban J connectivity index is 1.23. The molecule has 0 N–H and O–H groups in total. The summed E-state index contributed by atoms with van der Waals surface area (Å²) in [7, 11) is 0. The molecule has 0 radical (unpaired) electrons. The van der Waals surface area contributed by atoms with Crippen LogP contribution in [0.15, 0.2) is 146 Å². The summed E-state index contributed by atoms with van der Waals surface area (Å²) in [4.78, 5) is 15.3. The number of para-hydroxylation sites is 2. The average molecular weight is 804 g/mol. The molecule has 7 aromatic carbocycles. The van der Waals surface area contributed by atoms with Gasteiger partial charge in [0.05, 0.1) is 32.6 Å². The van der Waals surface area contributed by atoms with Crippen LogP contribution in [0.4, 0.5) is 34.1 Å². The molecule has 0 saturated heterocycles. The van der Waals surface area contributed by atoms with Crippen LogP contribution in [0.2, 0.25) is 0 Å². The number of aromatic nitrogens is 3. The van der Waals surface area contributed by atoms with E-state index >= 15 is 0 Å². The van der Waals surface area contributed by atoms with Crippen LogP contribution in [-0.2, 0) is 0 Å². The van der Waals surface area contributed by atoms with Crippen LogP contribution in [0.25, 0.3) is 48.4 Å². The zero-order chi connectivity index (χ0) is 41.3. The van der Waals surface area contributed by atoms with Gasteiger partial charge in [0.25, 0.3) is 6.71 Å². The van der Waals surface area contributed by atoms with Crippen molar-refractivity contribution in [3.8, 4) is 16.4 Å². The number of nitrogens with zero attached hydrogens (tertiary/aromatic N) is 5. The number of hydrogen-bond donors (Lipinski definition) is 0. The highest BCUT2D eigenvalue weighted by Crippen LogP contribution is 2.48. The van der Waals surface area contributed by atoms with Crippen molar-refractivity contribution in [1.29, 1.82) is 0 Å². The molecule has 61 heavy (non-hydrogen) atoms. The molecule has 0 aliphatic carbocycles. The number of aryl methyl sites for hydroxylation is 6. The van der Waals surface area contributed by atoms with E-state index in [1.807, 2.05) is 12.3 Å². The second-order valence-corrected chi connectivity index (χ2v) is 18.1. The monoisotopic (exact) mass is 803 g/mol. The molecule has 0 unspecified atom stereocenters. The van der Waals surface area contributed by atoms with E-state index in [2.05, 4.69) is 189 Å². The molecule has 2 aliphatic heterocycles. The van der Waals surface area contributed by atoms with Crippen molar-refractivity contribution in [2.75, 3.05) is 9.80 Å². The molecule has 12 rings (SSSR count). The van der Waals surface area contributed by atoms with Gasteiger partial charge in [0.1, 0.15) is 10.8 Å². The van der Waals surface area contributed by atoms with Crippen LogP contribution in [0.3, 0.4) is 0 Å². The number of thiazole rings is 1. The molecule has 0 bridgehead atoms. The van der Waals surface area contributed by atoms with Crippen LogP contribution in [-0.4, -0.2) is 21.2 Å². The normalized spacial score (nSPS) is 13.0. The minimum Gasteiger partial charge on any atom is -0.311 e. The number of anilines is 6. The number of benzene rings is 7. The lowest BCUT2D eigenvalue weighted by Gasteiger charge is -2.45. The lowest BCUT2D eigenvalue weighted by Crippen LogP contribution is -2.61. The van der Waals surface area contributed by atoms with Gasteiger partial charge in [-0.05, 0) is 147 Å². The number of rotatable bonds is 4. The first-order valence-electron chi connectivity index (χ1n) is 21.1. The molecule has 0 atom stereocenters. The smallest absolute Gasteiger partial charge is 0.252 e. The Kier molecular flexibility index (Phi) is 7.82. The van der Waals surface area contributed by atoms with E-state index in [1.165, 1.54) is 99.4 Å². The summed E-state index contributed by atoms with van der Waals surface area (Å²) in [5.74, 6) is 0.909. The molecule has 10 aromatic rings. The standard InChI is InChI=1S/C54H42BN5S/c1-31-24-33(3)52(34(4)25-31)59-44-22-21-37(54-57-42-15-8-10-19-49(42)61-54)28-40(44)55-41-30-47-39(38-14-7-9-16-43(38)58(47)50-20-11-12-23-56-50)29-48(41)60(46-18-13-17-45(59)51(46)55)53-35(5)26-32(2)27-36(53)6/h7-30H,1-6H3. The summed E-state index contributed by atoms with van der Waals surface area (Å²) < 4.78 is 3.55. The Morgan fingerprint density at radius 3 is 1.84 bits per heavy atom. The van der Waals surface area contributed by atoms with E-state index in [-0.39, 0.29) is 6.71 Å². The van der Waals surface area contributed by atoms with E-state index in [1.54, 1.807) is 11.3 Å². The van der Waals surface area contributed by atoms with Crippen molar-refractivity contribution in [1.82, 2.24) is 14.5 Å². The molecule has 0 saturated carbocycles. The van der Waals surface area contributed by atoms with Gasteiger partial charge in [-0.3, -0.25) is 4.57 Å². The number of pyridine rings is 1. The highest BCUT2D eigenvalue weighted by atomic mass is 32.1. The Labute approximate surface area is 360 Å². The Morgan fingerprint density at radius 2 is 1.15 bits per heavy atom. The molecule has 0 spiro atoms. The molecule has 2 aliphatic rings. The van der Waals surface area contributed by atoms with Crippen LogP contribution in [0.5, 0.6) is 0 Å². The summed E-state index contributed by atoms with van der Waals surface area (Å²) in [6.07, 6.45) is 1.89. The fourth-order valence-electron chi connectivity index (χ4n) is 10.8. The predicted molar refractivity (Wildman–Crippen MR) is 260 cm³/mol. The fraction of sp³-hybridized carbons (Fsp3) is 0.111. The van der Waals surface area contributed by atoms with Gasteiger partial charge in [0, 0.05) is 45.3 Å². The van der Waals surface area contributed by atoms with Gasteiger partial charge in [-0.1, -0.05) is 83.9 Å². The lowest BCUT2D eigenvalue weighted by atomic mass is 9.33. The van der Waals surface area contributed by atoms with E-state index in [0.29, 0.717) is 0 Å². The van der Waals surface area contributed by atoms with Gasteiger partial charge >= 0.3 is 0 Å². The summed E-state index contributed by atoms with van der Waals surface area (Å²) in [6, 6.07) is 51.8. The highest BCUT2D eigenvalue weighted by molar-refractivity contribution is 7.21. The fourth-order valence-corrected chi connectivity index (χ4v) is 11.8. The van der Waals surface area contributed by atoms with Crippen molar-refractivity contribution in [2.24, 2.45) is 0 Å². The molecule has 3 aromatic heterocycles. The zero-order valence-corrected chi connectivity index (χ0v) is 35.9. The van der Waals surface area contributed by atoms with Crippen LogP contribution >= 0.6 is 11.3 Å². The van der Waals surface area contributed by atoms with Crippen LogP contribution in [0, 0.1) is 41.5 Å². The summed E-state index contributed by atoms with van der Waals surface area (Å²) in [5, 5.41) is 3.45. The third kappa shape index (κ3) is 5.26. The van der Waals surface area contributed by atoms with Gasteiger partial charge in [0.15, 0.2) is 0 Å². The third-order valence-corrected chi connectivity index (χ3v) is 14.0. The second-order valence-electron chi connectivity index (χ2n) is 17.0. The maximum atomic E-state index is 5.19. The topological polar surface area (TPSA) is 37.2 Å². The van der Waals surface area contributed by atoms with Crippen molar-refractivity contribution >= 4 is 101 Å². The zero-order valence-electron chi connectivity index (χ0n) is 35.1. The molecule has 7 heteroatoms. The molecular weight excluding hydrogens is 762 g/mol. The van der Waals surface area contributed by atoms with Gasteiger partial charge in [-0.15, -0.1) is 11.3 Å². The van der Waals surface area contributed by atoms with Crippen molar-refractivity contribution in [3.05, 3.63) is 179 Å². The molecule has 5 heterocycles. The second kappa shape index (κ2) is 13.3. The summed E-state index contributed by atoms with van der Waals surface area (Å²) in [5.41, 5.74) is 23.2. The molecule has 0 amide bonds. The van der Waals surface area contributed by atoms with Crippen LogP contribution in [0.1, 0.15) is 33.4 Å². The van der Waals surface area contributed by atoms with Gasteiger partial charge < -0.3 is 9.80 Å². The first-order valence-corrected chi connectivity index (χ1v) is 21.9. The van der Waals surface area contributed by atoms with Gasteiger partial charge in [-0.25, -0.2) is 9.97 Å². The van der Waals surface area contributed by atoms with Crippen molar-refractivity contribution in [2.45, 2.75) is 41.5 Å². The maximum Gasteiger partial charge on any atom is 0.252 e. The van der Waals surface area contributed by atoms with E-state index in [4.69, 9.17) is 9.97 Å². The van der Waals surface area contributed by atoms with E-state index in [0.717, 1.165) is 32.9 Å². The SMILES string of the molecule is Cc1cc(C)c(N2c3ccc(-c4nc5ccccc5s4)cc3B3c4cc5c(cc4N(c4c(C)cc(C)cc4C)c4cccc2c43)c2ccccc2n5-c2ccccn2)c(C)c1. The Morgan fingerprint density at radius 1 is 0.508 bits per heavy atom. The van der Waals surface area contributed by atoms with Crippen molar-refractivity contribution in [3.63, 3.8) is 0 Å². The predicted octanol–water partition coefficient (Wildman–Crippen LogP) is 12.4. The molecule has 5 nitrogen and oxygen atoms in total. The number of hydrogen-bond acceptors (Lipinski definition) is 5. The molecular formula is C54H42BN5S. The molecule has 0 fully saturated rings. The van der Waals surface area contributed by atoms with Crippen LogP contribution < -0.4 is 26.2 Å². The number of fused-ring (bicyclic) bond motifs is 8. The van der Waals surface area contributed by atoms with Crippen molar-refractivity contribution < 1.29 is 0 Å². The van der Waals surface area contributed by atoms with Gasteiger partial charge in [-0.2, -0.15) is 0 Å². The molecule has 292 valence electrons. The summed E-state index contributed by atoms with van der Waals surface area (Å²) in [6.45, 7) is 13.4. The summed E-state index contributed by atoms with van der Waals surface area (Å²) >= 11 is 1.76. The Hall–Kier alpha value is -6.96. The Bertz CT molecular complexity index is 3390. The van der Waals surface area contributed by atoms with Gasteiger partial charge in [0.2, 0.25) is 0 Å². The minimum absolute atomic E-state index is 0.0743. The average Bonchev–Trinajstić information content (AvgIpc) is 3.83. The van der Waals surface area contributed by atoms with E-state index < -0.39 is 0 Å². The minimum atomic E-state index is -0.0743. The lowest BCUT2D eigenvalue weighted by molar-refractivity contribution is 1.08. The maximum absolute atomic E-state index is 5.19. The largest absolute Gasteiger partial charge is 0.311 e.